The molecule has 0 aromatic heterocycles. The Balaban J connectivity index is 2.41. The van der Waals surface area contributed by atoms with E-state index >= 15 is 0 Å². The Bertz CT molecular complexity index is 467. The summed E-state index contributed by atoms with van der Waals surface area (Å²) in [6.45, 7) is 7.58. The second-order valence-corrected chi connectivity index (χ2v) is 5.55. The minimum Gasteiger partial charge on any atom is -0.466 e. The summed E-state index contributed by atoms with van der Waals surface area (Å²) in [5.41, 5.74) is 0.994. The molecule has 1 fully saturated rings. The highest BCUT2D eigenvalue weighted by Crippen LogP contribution is 2.46. The minimum atomic E-state index is -0.593. The van der Waals surface area contributed by atoms with Gasteiger partial charge in [0.05, 0.1) is 18.4 Å². The average molecular weight is 294 g/mol. The maximum atomic E-state index is 12.3. The molecule has 0 saturated carbocycles. The Hall–Kier alpha value is -1.62. The lowest BCUT2D eigenvalue weighted by molar-refractivity contribution is -0.158. The Morgan fingerprint density at radius 3 is 2.86 bits per heavy atom. The van der Waals surface area contributed by atoms with Crippen LogP contribution in [0.25, 0.3) is 0 Å². The van der Waals surface area contributed by atoms with Crippen LogP contribution in [0, 0.1) is 23.7 Å². The molecule has 0 bridgehead atoms. The Labute approximate surface area is 124 Å². The van der Waals surface area contributed by atoms with E-state index < -0.39 is 17.9 Å². The summed E-state index contributed by atoms with van der Waals surface area (Å²) in [6.07, 6.45) is 3.62. The quantitative estimate of drug-likeness (QED) is 0.614. The van der Waals surface area contributed by atoms with E-state index in [1.165, 1.54) is 0 Å². The molecule has 1 saturated heterocycles. The molecule has 2 aliphatic rings. The van der Waals surface area contributed by atoms with Gasteiger partial charge in [-0.05, 0) is 26.2 Å². The van der Waals surface area contributed by atoms with E-state index in [0.717, 1.165) is 5.57 Å². The summed E-state index contributed by atoms with van der Waals surface area (Å²) in [4.78, 5) is 24.5. The molecule has 0 spiro atoms. The first kappa shape index (κ1) is 15.8. The summed E-state index contributed by atoms with van der Waals surface area (Å²) in [6, 6.07) is 0. The fourth-order valence-corrected chi connectivity index (χ4v) is 3.50. The van der Waals surface area contributed by atoms with E-state index in [1.807, 2.05) is 13.0 Å². The number of hydrogen-bond acceptors (Lipinski definition) is 5. The van der Waals surface area contributed by atoms with Crippen molar-refractivity contribution in [3.05, 3.63) is 24.3 Å². The summed E-state index contributed by atoms with van der Waals surface area (Å²) in [7, 11) is 0. The molecule has 0 unspecified atom stereocenters. The van der Waals surface area contributed by atoms with Gasteiger partial charge in [0.15, 0.2) is 0 Å². The van der Waals surface area contributed by atoms with Gasteiger partial charge in [0.25, 0.3) is 0 Å². The third-order valence-electron chi connectivity index (χ3n) is 4.41. The predicted molar refractivity (Wildman–Crippen MR) is 76.1 cm³/mol. The first-order chi connectivity index (χ1) is 10.0. The topological polar surface area (TPSA) is 72.8 Å². The number of aliphatic hydroxyl groups excluding tert-OH is 1. The lowest BCUT2D eigenvalue weighted by Crippen LogP contribution is -2.42. The highest BCUT2D eigenvalue weighted by Gasteiger charge is 2.54. The van der Waals surface area contributed by atoms with Crippen molar-refractivity contribution in [1.29, 1.82) is 0 Å². The molecular weight excluding hydrogens is 272 g/mol. The number of fused-ring (bicyclic) bond motifs is 1. The van der Waals surface area contributed by atoms with Gasteiger partial charge in [-0.2, -0.15) is 0 Å². The molecule has 2 rings (SSSR count). The Morgan fingerprint density at radius 1 is 1.57 bits per heavy atom. The molecule has 1 aliphatic carbocycles. The van der Waals surface area contributed by atoms with Gasteiger partial charge in [0.1, 0.15) is 6.10 Å². The third kappa shape index (κ3) is 2.75. The lowest BCUT2D eigenvalue weighted by Gasteiger charge is -2.35. The van der Waals surface area contributed by atoms with Gasteiger partial charge in [-0.15, -0.1) is 0 Å². The van der Waals surface area contributed by atoms with Crippen LogP contribution in [-0.2, 0) is 19.1 Å². The van der Waals surface area contributed by atoms with Gasteiger partial charge >= 0.3 is 11.9 Å². The first-order valence-electron chi connectivity index (χ1n) is 7.34. The minimum absolute atomic E-state index is 0.0386. The number of allylic oxidation sites excluding steroid dienone is 1. The summed E-state index contributed by atoms with van der Waals surface area (Å²) >= 11 is 0. The van der Waals surface area contributed by atoms with Crippen LogP contribution in [0.15, 0.2) is 24.3 Å². The van der Waals surface area contributed by atoms with E-state index in [1.54, 1.807) is 13.0 Å². The van der Waals surface area contributed by atoms with E-state index in [9.17, 15) is 14.7 Å². The largest absolute Gasteiger partial charge is 0.466 e. The maximum Gasteiger partial charge on any atom is 0.311 e. The highest BCUT2D eigenvalue weighted by atomic mass is 16.6. The number of carbonyl (C=O) groups is 2. The first-order valence-corrected chi connectivity index (χ1v) is 7.34. The maximum absolute atomic E-state index is 12.3. The second-order valence-electron chi connectivity index (χ2n) is 5.55. The van der Waals surface area contributed by atoms with Crippen molar-refractivity contribution in [2.24, 2.45) is 23.7 Å². The number of rotatable bonds is 5. The van der Waals surface area contributed by atoms with Gasteiger partial charge < -0.3 is 14.6 Å². The number of hydrogen-bond donors (Lipinski definition) is 1. The van der Waals surface area contributed by atoms with Crippen molar-refractivity contribution < 1.29 is 24.2 Å². The zero-order valence-corrected chi connectivity index (χ0v) is 12.5. The van der Waals surface area contributed by atoms with Crippen LogP contribution in [-0.4, -0.2) is 36.4 Å². The van der Waals surface area contributed by atoms with Crippen molar-refractivity contribution in [2.45, 2.75) is 26.4 Å². The molecule has 1 aliphatic heterocycles. The molecule has 21 heavy (non-hydrogen) atoms. The number of esters is 2. The zero-order valence-electron chi connectivity index (χ0n) is 12.5. The average Bonchev–Trinajstić information content (AvgIpc) is 2.76. The molecule has 0 aromatic rings. The number of aliphatic hydroxyl groups is 1. The summed E-state index contributed by atoms with van der Waals surface area (Å²) in [5.74, 6) is -2.28. The van der Waals surface area contributed by atoms with Crippen LogP contribution in [0.1, 0.15) is 20.3 Å². The van der Waals surface area contributed by atoms with Crippen molar-refractivity contribution in [3.63, 3.8) is 0 Å². The van der Waals surface area contributed by atoms with Gasteiger partial charge in [0, 0.05) is 12.5 Å². The molecular formula is C16H22O5. The Morgan fingerprint density at radius 2 is 2.29 bits per heavy atom. The van der Waals surface area contributed by atoms with Crippen molar-refractivity contribution in [3.8, 4) is 0 Å². The fourth-order valence-electron chi connectivity index (χ4n) is 3.50. The number of ether oxygens (including phenoxy) is 2. The molecule has 116 valence electrons. The lowest BCUT2D eigenvalue weighted by atomic mass is 9.66. The van der Waals surface area contributed by atoms with E-state index in [-0.39, 0.29) is 37.0 Å². The Kier molecular flexibility index (Phi) is 4.83. The van der Waals surface area contributed by atoms with Crippen molar-refractivity contribution >= 4 is 11.9 Å². The standard InChI is InChI=1S/C16H22O5/c1-4-12-11-8-9(3)10(6-7-17)13(15(18)20-5-2)14(11)16(19)21-12/h4,8,10-14,17H,1,5-7H2,2-3H3/t10-,11-,12-,13-,14-/m0/s1. The molecule has 1 N–H and O–H groups in total. The molecule has 5 nitrogen and oxygen atoms in total. The predicted octanol–water partition coefficient (Wildman–Crippen LogP) is 1.47. The fraction of sp³-hybridized carbons (Fsp3) is 0.625. The summed E-state index contributed by atoms with van der Waals surface area (Å²) < 4.78 is 10.5. The van der Waals surface area contributed by atoms with E-state index in [0.29, 0.717) is 6.42 Å². The highest BCUT2D eigenvalue weighted by molar-refractivity contribution is 5.85. The smallest absolute Gasteiger partial charge is 0.311 e. The summed E-state index contributed by atoms with van der Waals surface area (Å²) in [5, 5.41) is 9.26. The molecule has 0 amide bonds. The van der Waals surface area contributed by atoms with Gasteiger partial charge in [-0.3, -0.25) is 9.59 Å². The number of cyclic esters (lactones) is 1. The van der Waals surface area contributed by atoms with Crippen molar-refractivity contribution in [2.75, 3.05) is 13.2 Å². The SMILES string of the molecule is C=C[C@@H]1OC(=O)[C@H]2[C@H]1C=C(C)[C@H](CCO)[C@@H]2C(=O)OCC. The molecule has 0 aromatic carbocycles. The van der Waals surface area contributed by atoms with Crippen LogP contribution in [0.5, 0.6) is 0 Å². The van der Waals surface area contributed by atoms with Gasteiger partial charge in [0.2, 0.25) is 0 Å². The second kappa shape index (κ2) is 6.43. The molecule has 5 atom stereocenters. The van der Waals surface area contributed by atoms with Gasteiger partial charge in [-0.1, -0.05) is 24.3 Å². The van der Waals surface area contributed by atoms with E-state index in [4.69, 9.17) is 9.47 Å². The van der Waals surface area contributed by atoms with Crippen LogP contribution >= 0.6 is 0 Å². The van der Waals surface area contributed by atoms with Crippen LogP contribution in [0.4, 0.5) is 0 Å². The zero-order chi connectivity index (χ0) is 15.6. The monoisotopic (exact) mass is 294 g/mol. The molecule has 1 heterocycles. The molecule has 5 heteroatoms. The van der Waals surface area contributed by atoms with Crippen LogP contribution in [0.2, 0.25) is 0 Å². The van der Waals surface area contributed by atoms with Crippen LogP contribution in [0.3, 0.4) is 0 Å². The number of carbonyl (C=O) groups excluding carboxylic acids is 2. The third-order valence-corrected chi connectivity index (χ3v) is 4.41. The normalized spacial score (nSPS) is 34.7. The molecule has 0 radical (unpaired) electrons. The van der Waals surface area contributed by atoms with E-state index in [2.05, 4.69) is 6.58 Å². The van der Waals surface area contributed by atoms with Crippen LogP contribution < -0.4 is 0 Å². The van der Waals surface area contributed by atoms with Crippen molar-refractivity contribution in [1.82, 2.24) is 0 Å². The van der Waals surface area contributed by atoms with Gasteiger partial charge in [-0.25, -0.2) is 0 Å².